The van der Waals surface area contributed by atoms with Gasteiger partial charge in [-0.1, -0.05) is 0 Å². The highest BCUT2D eigenvalue weighted by atomic mass is 19.3. The summed E-state index contributed by atoms with van der Waals surface area (Å²) in [6.07, 6.45) is 0.206. The molecule has 0 spiro atoms. The van der Waals surface area contributed by atoms with Crippen LogP contribution in [0.25, 0.3) is 11.2 Å². The minimum atomic E-state index is -2.29. The zero-order valence-corrected chi connectivity index (χ0v) is 18.4. The van der Waals surface area contributed by atoms with Crippen molar-refractivity contribution in [3.8, 4) is 0 Å². The van der Waals surface area contributed by atoms with Crippen LogP contribution < -0.4 is 4.90 Å². The largest absolute Gasteiger partial charge is 0.370 e. The molecule has 32 heavy (non-hydrogen) atoms. The summed E-state index contributed by atoms with van der Waals surface area (Å²) in [5, 5.41) is 0. The van der Waals surface area contributed by atoms with E-state index in [2.05, 4.69) is 19.9 Å². The van der Waals surface area contributed by atoms with Crippen LogP contribution in [-0.2, 0) is 4.74 Å². The summed E-state index contributed by atoms with van der Waals surface area (Å²) >= 11 is 0. The first kappa shape index (κ1) is 21.1. The highest BCUT2D eigenvalue weighted by molar-refractivity contribution is 5.75. The van der Waals surface area contributed by atoms with Crippen LogP contribution in [0, 0.1) is 26.7 Å². The number of halogens is 2. The third-order valence-corrected chi connectivity index (χ3v) is 6.52. The molecule has 3 aromatic rings. The quantitative estimate of drug-likeness (QED) is 0.605. The monoisotopic (exact) mass is 440 g/mol. The molecule has 1 aliphatic heterocycles. The molecule has 0 unspecified atom stereocenters. The molecule has 168 valence electrons. The minimum absolute atomic E-state index is 0.0469. The van der Waals surface area contributed by atoms with E-state index in [1.165, 1.54) is 0 Å². The summed E-state index contributed by atoms with van der Waals surface area (Å²) in [5.74, 6) is -0.0605. The van der Waals surface area contributed by atoms with E-state index < -0.39 is 12.3 Å². The van der Waals surface area contributed by atoms with E-state index in [-0.39, 0.29) is 12.0 Å². The SMILES string of the molecule is Cc1cc([C@H]2CN(c3nc4nc(C)c(C)nc4c([C@H]4C[C@H](C(F)F)C4)n3)CCO2)ccn1. The zero-order valence-electron chi connectivity index (χ0n) is 18.4. The van der Waals surface area contributed by atoms with Crippen LogP contribution in [0.5, 0.6) is 0 Å². The van der Waals surface area contributed by atoms with Crippen molar-refractivity contribution in [2.24, 2.45) is 5.92 Å². The van der Waals surface area contributed by atoms with Gasteiger partial charge in [-0.15, -0.1) is 0 Å². The molecular weight excluding hydrogens is 414 g/mol. The van der Waals surface area contributed by atoms with Gasteiger partial charge in [-0.3, -0.25) is 4.98 Å². The standard InChI is InChI=1S/C23H26F2N6O/c1-12-8-15(4-5-26-12)18-11-31(6-7-32-18)23-29-19(16-9-17(10-16)21(24)25)20-22(30-23)28-14(3)13(2)27-20/h4-5,8,16-18,21H,6-7,9-11H2,1-3H3/t16-,17-,18-/m1/s1. The first-order valence-electron chi connectivity index (χ1n) is 11.0. The Morgan fingerprint density at radius 3 is 2.59 bits per heavy atom. The van der Waals surface area contributed by atoms with Gasteiger partial charge in [0.2, 0.25) is 12.4 Å². The fourth-order valence-corrected chi connectivity index (χ4v) is 4.44. The Morgan fingerprint density at radius 1 is 1.06 bits per heavy atom. The summed E-state index contributed by atoms with van der Waals surface area (Å²) in [5.41, 5.74) is 5.50. The number of pyridine rings is 1. The smallest absolute Gasteiger partial charge is 0.241 e. The normalized spacial score (nSPS) is 23.6. The Bertz CT molecular complexity index is 1150. The van der Waals surface area contributed by atoms with Gasteiger partial charge >= 0.3 is 0 Å². The molecule has 0 aromatic carbocycles. The van der Waals surface area contributed by atoms with E-state index >= 15 is 0 Å². The van der Waals surface area contributed by atoms with E-state index in [9.17, 15) is 8.78 Å². The van der Waals surface area contributed by atoms with Gasteiger partial charge < -0.3 is 9.64 Å². The zero-order chi connectivity index (χ0) is 22.4. The maximum atomic E-state index is 13.1. The van der Waals surface area contributed by atoms with E-state index in [1.807, 2.05) is 32.9 Å². The highest BCUT2D eigenvalue weighted by Crippen LogP contribution is 2.45. The fraction of sp³-hybridized carbons (Fsp3) is 0.522. The first-order valence-corrected chi connectivity index (χ1v) is 11.0. The molecule has 7 nitrogen and oxygen atoms in total. The third-order valence-electron chi connectivity index (χ3n) is 6.52. The molecule has 1 saturated heterocycles. The van der Waals surface area contributed by atoms with Crippen molar-refractivity contribution in [2.45, 2.75) is 52.1 Å². The molecule has 0 radical (unpaired) electrons. The molecule has 4 heterocycles. The summed E-state index contributed by atoms with van der Waals surface area (Å²) in [6.45, 7) is 7.53. The molecule has 1 aliphatic carbocycles. The molecule has 0 N–H and O–H groups in total. The van der Waals surface area contributed by atoms with Crippen LogP contribution in [0.4, 0.5) is 14.7 Å². The molecule has 0 bridgehead atoms. The number of fused-ring (bicyclic) bond motifs is 1. The van der Waals surface area contributed by atoms with Crippen molar-refractivity contribution in [1.82, 2.24) is 24.9 Å². The minimum Gasteiger partial charge on any atom is -0.370 e. The molecule has 9 heteroatoms. The van der Waals surface area contributed by atoms with Crippen molar-refractivity contribution in [2.75, 3.05) is 24.6 Å². The number of anilines is 1. The van der Waals surface area contributed by atoms with Crippen molar-refractivity contribution in [3.05, 3.63) is 46.7 Å². The van der Waals surface area contributed by atoms with Gasteiger partial charge in [-0.05, 0) is 51.3 Å². The molecule has 5 rings (SSSR count). The van der Waals surface area contributed by atoms with Crippen LogP contribution in [-0.4, -0.2) is 51.0 Å². The number of ether oxygens (including phenoxy) is 1. The van der Waals surface area contributed by atoms with Gasteiger partial charge in [0, 0.05) is 30.3 Å². The average Bonchev–Trinajstić information content (AvgIpc) is 2.73. The number of hydrogen-bond donors (Lipinski definition) is 0. The maximum Gasteiger partial charge on any atom is 0.241 e. The first-order chi connectivity index (χ1) is 15.4. The van der Waals surface area contributed by atoms with Crippen LogP contribution in [0.3, 0.4) is 0 Å². The van der Waals surface area contributed by atoms with E-state index in [4.69, 9.17) is 14.7 Å². The second kappa shape index (κ2) is 8.27. The number of morpholine rings is 1. The number of nitrogens with zero attached hydrogens (tertiary/aromatic N) is 6. The Balaban J connectivity index is 1.50. The number of hydrogen-bond acceptors (Lipinski definition) is 7. The number of aromatic nitrogens is 5. The lowest BCUT2D eigenvalue weighted by atomic mass is 9.73. The van der Waals surface area contributed by atoms with Crippen LogP contribution >= 0.6 is 0 Å². The second-order valence-corrected chi connectivity index (χ2v) is 8.77. The van der Waals surface area contributed by atoms with Crippen molar-refractivity contribution in [3.63, 3.8) is 0 Å². The van der Waals surface area contributed by atoms with Gasteiger partial charge in [-0.25, -0.2) is 23.7 Å². The Kier molecular flexibility index (Phi) is 5.44. The molecular formula is C23H26F2N6O. The summed E-state index contributed by atoms with van der Waals surface area (Å²) in [4.78, 5) is 25.3. The van der Waals surface area contributed by atoms with Crippen LogP contribution in [0.2, 0.25) is 0 Å². The number of aryl methyl sites for hydroxylation is 3. The van der Waals surface area contributed by atoms with Gasteiger partial charge in [0.15, 0.2) is 5.65 Å². The Labute approximate surface area is 185 Å². The number of alkyl halides is 2. The van der Waals surface area contributed by atoms with Gasteiger partial charge in [-0.2, -0.15) is 4.98 Å². The van der Waals surface area contributed by atoms with E-state index in [1.54, 1.807) is 6.20 Å². The molecule has 2 fully saturated rings. The fourth-order valence-electron chi connectivity index (χ4n) is 4.44. The van der Waals surface area contributed by atoms with Crippen LogP contribution in [0.15, 0.2) is 18.3 Å². The molecule has 1 atom stereocenters. The summed E-state index contributed by atoms with van der Waals surface area (Å²) in [7, 11) is 0. The number of rotatable bonds is 4. The lowest BCUT2D eigenvalue weighted by Gasteiger charge is -2.36. The topological polar surface area (TPSA) is 76.9 Å². The maximum absolute atomic E-state index is 13.1. The summed E-state index contributed by atoms with van der Waals surface area (Å²) in [6, 6.07) is 3.99. The molecule has 0 amide bonds. The molecule has 1 saturated carbocycles. The lowest BCUT2D eigenvalue weighted by Crippen LogP contribution is -2.40. The van der Waals surface area contributed by atoms with Gasteiger partial charge in [0.05, 0.1) is 30.2 Å². The predicted molar refractivity (Wildman–Crippen MR) is 116 cm³/mol. The van der Waals surface area contributed by atoms with Crippen molar-refractivity contribution < 1.29 is 13.5 Å². The Hall–Kier alpha value is -2.81. The van der Waals surface area contributed by atoms with Crippen molar-refractivity contribution >= 4 is 17.1 Å². The third kappa shape index (κ3) is 3.90. The van der Waals surface area contributed by atoms with E-state index in [0.29, 0.717) is 49.7 Å². The molecule has 2 aliphatic rings. The average molecular weight is 440 g/mol. The van der Waals surface area contributed by atoms with Gasteiger partial charge in [0.25, 0.3) is 0 Å². The molecule has 3 aromatic heterocycles. The lowest BCUT2D eigenvalue weighted by molar-refractivity contribution is 0.0220. The predicted octanol–water partition coefficient (Wildman–Crippen LogP) is 4.08. The summed E-state index contributed by atoms with van der Waals surface area (Å²) < 4.78 is 32.2. The van der Waals surface area contributed by atoms with Crippen molar-refractivity contribution in [1.29, 1.82) is 0 Å². The van der Waals surface area contributed by atoms with Crippen LogP contribution in [0.1, 0.15) is 53.2 Å². The highest BCUT2D eigenvalue weighted by Gasteiger charge is 2.39. The van der Waals surface area contributed by atoms with Gasteiger partial charge in [0.1, 0.15) is 11.6 Å². The Morgan fingerprint density at radius 2 is 1.84 bits per heavy atom. The second-order valence-electron chi connectivity index (χ2n) is 8.77. The van der Waals surface area contributed by atoms with E-state index in [0.717, 1.165) is 28.3 Å².